The Labute approximate surface area is 113 Å². The molecule has 3 nitrogen and oxygen atoms in total. The lowest BCUT2D eigenvalue weighted by atomic mass is 10.2. The highest BCUT2D eigenvalue weighted by Gasteiger charge is 2.01. The molecule has 4 heteroatoms. The van der Waals surface area contributed by atoms with Crippen LogP contribution < -0.4 is 5.32 Å². The molecule has 2 aromatic rings. The van der Waals surface area contributed by atoms with Gasteiger partial charge in [-0.05, 0) is 17.7 Å². The molecule has 1 heterocycles. The van der Waals surface area contributed by atoms with Gasteiger partial charge in [0.15, 0.2) is 0 Å². The van der Waals surface area contributed by atoms with Gasteiger partial charge in [0, 0.05) is 29.4 Å². The van der Waals surface area contributed by atoms with Crippen LogP contribution in [0.4, 0.5) is 0 Å². The van der Waals surface area contributed by atoms with E-state index in [0.717, 1.165) is 18.1 Å². The number of hydrogen-bond donors (Lipinski definition) is 1. The zero-order valence-corrected chi connectivity index (χ0v) is 11.5. The van der Waals surface area contributed by atoms with E-state index in [0.29, 0.717) is 6.04 Å². The van der Waals surface area contributed by atoms with Crippen LogP contribution in [-0.4, -0.2) is 15.8 Å². The predicted molar refractivity (Wildman–Crippen MR) is 74.8 cm³/mol. The molecule has 1 aromatic carbocycles. The molecule has 0 bridgehead atoms. The second kappa shape index (κ2) is 6.03. The molecule has 0 aliphatic rings. The smallest absolute Gasteiger partial charge is 0.0659 e. The lowest BCUT2D eigenvalue weighted by molar-refractivity contribution is 0.588. The van der Waals surface area contributed by atoms with Gasteiger partial charge < -0.3 is 5.32 Å². The van der Waals surface area contributed by atoms with Crippen molar-refractivity contribution in [2.45, 2.75) is 33.0 Å². The lowest BCUT2D eigenvalue weighted by Gasteiger charge is -2.05. The van der Waals surface area contributed by atoms with Crippen LogP contribution in [0, 0.1) is 0 Å². The van der Waals surface area contributed by atoms with Crippen molar-refractivity contribution in [3.63, 3.8) is 0 Å². The number of nitrogens with one attached hydrogen (secondary N) is 1. The van der Waals surface area contributed by atoms with E-state index in [4.69, 9.17) is 11.6 Å². The van der Waals surface area contributed by atoms with Gasteiger partial charge in [0.05, 0.1) is 12.7 Å². The third-order valence-corrected chi connectivity index (χ3v) is 2.91. The summed E-state index contributed by atoms with van der Waals surface area (Å²) in [6.07, 6.45) is 3.98. The summed E-state index contributed by atoms with van der Waals surface area (Å²) in [6, 6.07) is 8.35. The molecule has 0 aliphatic carbocycles. The highest BCUT2D eigenvalue weighted by atomic mass is 35.5. The topological polar surface area (TPSA) is 29.9 Å². The minimum absolute atomic E-state index is 0.490. The number of aromatic nitrogens is 2. The number of hydrogen-bond acceptors (Lipinski definition) is 2. The molecule has 0 spiro atoms. The fourth-order valence-electron chi connectivity index (χ4n) is 1.68. The average Bonchev–Trinajstić information content (AvgIpc) is 2.77. The van der Waals surface area contributed by atoms with Crippen molar-refractivity contribution in [1.82, 2.24) is 15.1 Å². The lowest BCUT2D eigenvalue weighted by Crippen LogP contribution is -2.21. The van der Waals surface area contributed by atoms with E-state index in [1.54, 1.807) is 0 Å². The molecule has 0 saturated carbocycles. The standard InChI is InChI=1S/C14H18ClN3/c1-11(2)16-7-13-8-17-18(10-13)9-12-3-5-14(15)6-4-12/h3-6,8,10-11,16H,7,9H2,1-2H3. The second-order valence-corrected chi connectivity index (χ2v) is 5.14. The molecule has 0 saturated heterocycles. The summed E-state index contributed by atoms with van der Waals surface area (Å²) >= 11 is 5.86. The Morgan fingerprint density at radius 2 is 1.94 bits per heavy atom. The van der Waals surface area contributed by atoms with E-state index in [9.17, 15) is 0 Å². The van der Waals surface area contributed by atoms with Gasteiger partial charge in [0.2, 0.25) is 0 Å². The highest BCUT2D eigenvalue weighted by Crippen LogP contribution is 2.10. The molecular formula is C14H18ClN3. The van der Waals surface area contributed by atoms with Crippen molar-refractivity contribution in [2.24, 2.45) is 0 Å². The Kier molecular flexibility index (Phi) is 4.39. The third-order valence-electron chi connectivity index (χ3n) is 2.66. The van der Waals surface area contributed by atoms with Gasteiger partial charge in [0.1, 0.15) is 0 Å². The van der Waals surface area contributed by atoms with Crippen LogP contribution in [-0.2, 0) is 13.1 Å². The summed E-state index contributed by atoms with van der Waals surface area (Å²) in [7, 11) is 0. The predicted octanol–water partition coefficient (Wildman–Crippen LogP) is 3.08. The third kappa shape index (κ3) is 3.86. The molecule has 0 atom stereocenters. The molecule has 18 heavy (non-hydrogen) atoms. The number of halogens is 1. The zero-order chi connectivity index (χ0) is 13.0. The first-order valence-corrected chi connectivity index (χ1v) is 6.50. The Balaban J connectivity index is 1.95. The monoisotopic (exact) mass is 263 g/mol. The number of benzene rings is 1. The molecule has 0 unspecified atom stereocenters. The Morgan fingerprint density at radius 3 is 2.61 bits per heavy atom. The van der Waals surface area contributed by atoms with Crippen molar-refractivity contribution in [3.8, 4) is 0 Å². The van der Waals surface area contributed by atoms with E-state index >= 15 is 0 Å². The molecule has 1 aromatic heterocycles. The van der Waals surface area contributed by atoms with Crippen molar-refractivity contribution in [3.05, 3.63) is 52.8 Å². The Bertz CT molecular complexity index is 488. The second-order valence-electron chi connectivity index (χ2n) is 4.71. The van der Waals surface area contributed by atoms with Gasteiger partial charge >= 0.3 is 0 Å². The fourth-order valence-corrected chi connectivity index (χ4v) is 1.81. The SMILES string of the molecule is CC(C)NCc1cnn(Cc2ccc(Cl)cc2)c1. The van der Waals surface area contributed by atoms with E-state index in [2.05, 4.69) is 30.5 Å². The molecule has 0 aliphatic heterocycles. The molecule has 96 valence electrons. The Hall–Kier alpha value is -1.32. The molecule has 0 fully saturated rings. The van der Waals surface area contributed by atoms with Gasteiger partial charge in [-0.3, -0.25) is 4.68 Å². The number of rotatable bonds is 5. The van der Waals surface area contributed by atoms with Gasteiger partial charge in [-0.1, -0.05) is 37.6 Å². The maximum Gasteiger partial charge on any atom is 0.0659 e. The van der Waals surface area contributed by atoms with E-state index < -0.39 is 0 Å². The van der Waals surface area contributed by atoms with Crippen LogP contribution in [0.5, 0.6) is 0 Å². The van der Waals surface area contributed by atoms with Crippen LogP contribution >= 0.6 is 11.6 Å². The zero-order valence-electron chi connectivity index (χ0n) is 10.7. The van der Waals surface area contributed by atoms with Gasteiger partial charge in [-0.25, -0.2) is 0 Å². The van der Waals surface area contributed by atoms with Crippen LogP contribution in [0.1, 0.15) is 25.0 Å². The molecular weight excluding hydrogens is 246 g/mol. The summed E-state index contributed by atoms with van der Waals surface area (Å²) in [4.78, 5) is 0. The summed E-state index contributed by atoms with van der Waals surface area (Å²) in [5.41, 5.74) is 2.41. The average molecular weight is 264 g/mol. The van der Waals surface area contributed by atoms with Crippen molar-refractivity contribution in [1.29, 1.82) is 0 Å². The molecule has 1 N–H and O–H groups in total. The van der Waals surface area contributed by atoms with Crippen LogP contribution in [0.15, 0.2) is 36.7 Å². The maximum atomic E-state index is 5.86. The van der Waals surface area contributed by atoms with Gasteiger partial charge in [-0.2, -0.15) is 5.10 Å². The minimum Gasteiger partial charge on any atom is -0.310 e. The van der Waals surface area contributed by atoms with Crippen LogP contribution in [0.3, 0.4) is 0 Å². The van der Waals surface area contributed by atoms with Crippen molar-refractivity contribution in [2.75, 3.05) is 0 Å². The largest absolute Gasteiger partial charge is 0.310 e. The number of nitrogens with zero attached hydrogens (tertiary/aromatic N) is 2. The first kappa shape index (κ1) is 13.1. The van der Waals surface area contributed by atoms with Gasteiger partial charge in [0.25, 0.3) is 0 Å². The van der Waals surface area contributed by atoms with E-state index in [1.165, 1.54) is 11.1 Å². The maximum absolute atomic E-state index is 5.86. The van der Waals surface area contributed by atoms with Crippen LogP contribution in [0.2, 0.25) is 5.02 Å². The van der Waals surface area contributed by atoms with Crippen LogP contribution in [0.25, 0.3) is 0 Å². The summed E-state index contributed by atoms with van der Waals surface area (Å²) < 4.78 is 1.95. The first-order chi connectivity index (χ1) is 8.63. The summed E-state index contributed by atoms with van der Waals surface area (Å²) in [5, 5.41) is 8.50. The minimum atomic E-state index is 0.490. The Morgan fingerprint density at radius 1 is 1.22 bits per heavy atom. The molecule has 0 radical (unpaired) electrons. The normalized spacial score (nSPS) is 11.1. The van der Waals surface area contributed by atoms with Gasteiger partial charge in [-0.15, -0.1) is 0 Å². The first-order valence-electron chi connectivity index (χ1n) is 6.12. The summed E-state index contributed by atoms with van der Waals surface area (Å²) in [5.74, 6) is 0. The highest BCUT2D eigenvalue weighted by molar-refractivity contribution is 6.30. The summed E-state index contributed by atoms with van der Waals surface area (Å²) in [6.45, 7) is 5.91. The van der Waals surface area contributed by atoms with Crippen molar-refractivity contribution < 1.29 is 0 Å². The van der Waals surface area contributed by atoms with Crippen molar-refractivity contribution >= 4 is 11.6 Å². The van der Waals surface area contributed by atoms with E-state index in [1.807, 2.05) is 35.1 Å². The quantitative estimate of drug-likeness (QED) is 0.899. The molecule has 2 rings (SSSR count). The van der Waals surface area contributed by atoms with E-state index in [-0.39, 0.29) is 0 Å². The molecule has 0 amide bonds. The fraction of sp³-hybridized carbons (Fsp3) is 0.357.